The van der Waals surface area contributed by atoms with E-state index in [1.54, 1.807) is 30.3 Å². The molecule has 1 N–H and O–H groups in total. The SMILES string of the molecule is Cc1c(OC2CCN(C)CC2)ccc2cc(NC(=O)C(=O)OCc3ccccc3)c(=O)oc12. The van der Waals surface area contributed by atoms with Crippen LogP contribution in [0.4, 0.5) is 5.69 Å². The van der Waals surface area contributed by atoms with E-state index in [1.165, 1.54) is 6.07 Å². The van der Waals surface area contributed by atoms with Crippen molar-refractivity contribution in [3.8, 4) is 5.75 Å². The number of ether oxygens (including phenoxy) is 2. The number of fused-ring (bicyclic) bond motifs is 1. The van der Waals surface area contributed by atoms with Crippen molar-refractivity contribution < 1.29 is 23.5 Å². The van der Waals surface area contributed by atoms with Gasteiger partial charge in [0.05, 0.1) is 0 Å². The Hall–Kier alpha value is -3.65. The van der Waals surface area contributed by atoms with Crippen LogP contribution in [0.2, 0.25) is 0 Å². The zero-order valence-electron chi connectivity index (χ0n) is 18.6. The zero-order valence-corrected chi connectivity index (χ0v) is 18.6. The number of aryl methyl sites for hydroxylation is 1. The van der Waals surface area contributed by atoms with Gasteiger partial charge in [-0.05, 0) is 50.6 Å². The van der Waals surface area contributed by atoms with Crippen molar-refractivity contribution in [1.29, 1.82) is 0 Å². The predicted octanol–water partition coefficient (Wildman–Crippen LogP) is 3.26. The Balaban J connectivity index is 1.45. The van der Waals surface area contributed by atoms with Gasteiger partial charge in [0.1, 0.15) is 29.7 Å². The van der Waals surface area contributed by atoms with E-state index in [2.05, 4.69) is 17.3 Å². The van der Waals surface area contributed by atoms with Crippen LogP contribution in [0.5, 0.6) is 5.75 Å². The number of likely N-dealkylation sites (tertiary alicyclic amines) is 1. The van der Waals surface area contributed by atoms with E-state index in [0.717, 1.165) is 31.5 Å². The van der Waals surface area contributed by atoms with Gasteiger partial charge in [-0.3, -0.25) is 4.79 Å². The number of hydrogen-bond donors (Lipinski definition) is 1. The average Bonchev–Trinajstić information content (AvgIpc) is 2.82. The Labute approximate surface area is 191 Å². The second-order valence-corrected chi connectivity index (χ2v) is 8.19. The number of hydrogen-bond acceptors (Lipinski definition) is 7. The molecule has 1 saturated heterocycles. The van der Waals surface area contributed by atoms with Crippen molar-refractivity contribution in [2.75, 3.05) is 25.5 Å². The molecule has 0 saturated carbocycles. The van der Waals surface area contributed by atoms with Gasteiger partial charge in [-0.25, -0.2) is 9.59 Å². The fraction of sp³-hybridized carbons (Fsp3) is 0.320. The molecule has 0 unspecified atom stereocenters. The molecule has 1 aliphatic heterocycles. The van der Waals surface area contributed by atoms with Crippen LogP contribution in [-0.4, -0.2) is 43.0 Å². The molecule has 3 aromatic rings. The van der Waals surface area contributed by atoms with E-state index >= 15 is 0 Å². The second-order valence-electron chi connectivity index (χ2n) is 8.19. The Morgan fingerprint density at radius 2 is 1.85 bits per heavy atom. The van der Waals surface area contributed by atoms with Crippen LogP contribution < -0.4 is 15.7 Å². The minimum atomic E-state index is -1.09. The van der Waals surface area contributed by atoms with E-state index in [9.17, 15) is 14.4 Å². The quantitative estimate of drug-likeness (QED) is 0.362. The Morgan fingerprint density at radius 3 is 2.58 bits per heavy atom. The molecule has 0 spiro atoms. The highest BCUT2D eigenvalue weighted by Gasteiger charge is 2.21. The second kappa shape index (κ2) is 9.87. The molecule has 2 aromatic carbocycles. The van der Waals surface area contributed by atoms with E-state index in [-0.39, 0.29) is 18.4 Å². The molecular weight excluding hydrogens is 424 g/mol. The maximum atomic E-state index is 12.5. The first-order chi connectivity index (χ1) is 15.9. The normalized spacial score (nSPS) is 14.7. The zero-order chi connectivity index (χ0) is 23.4. The summed E-state index contributed by atoms with van der Waals surface area (Å²) in [5, 5.41) is 2.89. The van der Waals surface area contributed by atoms with Gasteiger partial charge in [0.15, 0.2) is 0 Å². The van der Waals surface area contributed by atoms with Crippen molar-refractivity contribution in [1.82, 2.24) is 4.90 Å². The third-order valence-corrected chi connectivity index (χ3v) is 5.71. The van der Waals surface area contributed by atoms with Gasteiger partial charge in [0.2, 0.25) is 0 Å². The van der Waals surface area contributed by atoms with Crippen molar-refractivity contribution in [3.05, 3.63) is 70.1 Å². The fourth-order valence-corrected chi connectivity index (χ4v) is 3.76. The highest BCUT2D eigenvalue weighted by molar-refractivity contribution is 6.37. The molecule has 0 atom stereocenters. The van der Waals surface area contributed by atoms with Gasteiger partial charge in [-0.2, -0.15) is 0 Å². The smallest absolute Gasteiger partial charge is 0.397 e. The first-order valence-corrected chi connectivity index (χ1v) is 10.9. The summed E-state index contributed by atoms with van der Waals surface area (Å²) in [6, 6.07) is 14.1. The summed E-state index contributed by atoms with van der Waals surface area (Å²) in [6.45, 7) is 3.74. The first-order valence-electron chi connectivity index (χ1n) is 10.9. The average molecular weight is 450 g/mol. The van der Waals surface area contributed by atoms with E-state index in [0.29, 0.717) is 22.3 Å². The van der Waals surface area contributed by atoms with E-state index in [4.69, 9.17) is 13.9 Å². The predicted molar refractivity (Wildman–Crippen MR) is 123 cm³/mol. The monoisotopic (exact) mass is 450 g/mol. The Bertz CT molecular complexity index is 1210. The Kier molecular flexibility index (Phi) is 6.74. The van der Waals surface area contributed by atoms with Crippen LogP contribution in [0.3, 0.4) is 0 Å². The topological polar surface area (TPSA) is 98.1 Å². The Morgan fingerprint density at radius 1 is 1.12 bits per heavy atom. The summed E-state index contributed by atoms with van der Waals surface area (Å²) >= 11 is 0. The van der Waals surface area contributed by atoms with Gasteiger partial charge >= 0.3 is 17.5 Å². The summed E-state index contributed by atoms with van der Waals surface area (Å²) in [7, 11) is 2.09. The van der Waals surface area contributed by atoms with Gasteiger partial charge < -0.3 is 24.1 Å². The number of esters is 1. The summed E-state index contributed by atoms with van der Waals surface area (Å²) in [6.07, 6.45) is 1.98. The van der Waals surface area contributed by atoms with Crippen LogP contribution in [0, 0.1) is 6.92 Å². The van der Waals surface area contributed by atoms with Crippen LogP contribution >= 0.6 is 0 Å². The molecule has 1 fully saturated rings. The van der Waals surface area contributed by atoms with Crippen molar-refractivity contribution in [2.45, 2.75) is 32.5 Å². The molecule has 0 bridgehead atoms. The van der Waals surface area contributed by atoms with Crippen molar-refractivity contribution >= 4 is 28.5 Å². The molecule has 1 aromatic heterocycles. The third-order valence-electron chi connectivity index (χ3n) is 5.71. The van der Waals surface area contributed by atoms with Gasteiger partial charge in [0.25, 0.3) is 0 Å². The number of piperidine rings is 1. The molecule has 172 valence electrons. The van der Waals surface area contributed by atoms with Crippen LogP contribution in [-0.2, 0) is 20.9 Å². The van der Waals surface area contributed by atoms with Crippen molar-refractivity contribution in [2.24, 2.45) is 0 Å². The molecular formula is C25H26N2O6. The lowest BCUT2D eigenvalue weighted by Crippen LogP contribution is -2.35. The number of anilines is 1. The molecule has 1 aliphatic rings. The van der Waals surface area contributed by atoms with Crippen LogP contribution in [0.25, 0.3) is 11.0 Å². The van der Waals surface area contributed by atoms with Gasteiger partial charge in [-0.1, -0.05) is 30.3 Å². The molecule has 2 heterocycles. The molecule has 1 amide bonds. The first kappa shape index (κ1) is 22.5. The number of carbonyl (C=O) groups is 2. The number of rotatable bonds is 5. The van der Waals surface area contributed by atoms with Gasteiger partial charge in [0, 0.05) is 24.0 Å². The summed E-state index contributed by atoms with van der Waals surface area (Å²) in [5.41, 5.74) is 0.954. The standard InChI is InChI=1S/C25H26N2O6/c1-16-21(32-19-10-12-27(2)13-11-19)9-8-18-14-20(24(29)33-22(16)18)26-23(28)25(30)31-15-17-6-4-3-5-7-17/h3-9,14,19H,10-13,15H2,1-2H3,(H,26,28). The van der Waals surface area contributed by atoms with E-state index < -0.39 is 17.5 Å². The van der Waals surface area contributed by atoms with Gasteiger partial charge in [-0.15, -0.1) is 0 Å². The van der Waals surface area contributed by atoms with E-state index in [1.807, 2.05) is 19.1 Å². The van der Waals surface area contributed by atoms with Crippen LogP contribution in [0.15, 0.2) is 57.7 Å². The molecule has 4 rings (SSSR count). The lowest BCUT2D eigenvalue weighted by atomic mass is 10.1. The molecule has 8 heteroatoms. The molecule has 0 radical (unpaired) electrons. The number of amides is 1. The fourth-order valence-electron chi connectivity index (χ4n) is 3.76. The minimum Gasteiger partial charge on any atom is -0.490 e. The van der Waals surface area contributed by atoms with Crippen LogP contribution in [0.1, 0.15) is 24.0 Å². The third kappa shape index (κ3) is 5.40. The number of nitrogens with one attached hydrogen (secondary N) is 1. The highest BCUT2D eigenvalue weighted by atomic mass is 16.5. The number of carbonyl (C=O) groups excluding carboxylic acids is 2. The number of benzene rings is 2. The molecule has 33 heavy (non-hydrogen) atoms. The lowest BCUT2D eigenvalue weighted by Gasteiger charge is -2.29. The largest absolute Gasteiger partial charge is 0.490 e. The summed E-state index contributed by atoms with van der Waals surface area (Å²) in [5.74, 6) is -1.46. The maximum Gasteiger partial charge on any atom is 0.397 e. The maximum absolute atomic E-state index is 12.5. The highest BCUT2D eigenvalue weighted by Crippen LogP contribution is 2.29. The minimum absolute atomic E-state index is 0.0430. The number of nitrogens with zero attached hydrogens (tertiary/aromatic N) is 1. The molecule has 8 nitrogen and oxygen atoms in total. The summed E-state index contributed by atoms with van der Waals surface area (Å²) in [4.78, 5) is 39.0. The summed E-state index contributed by atoms with van der Waals surface area (Å²) < 4.78 is 16.6. The lowest BCUT2D eigenvalue weighted by molar-refractivity contribution is -0.153. The molecule has 0 aliphatic carbocycles. The van der Waals surface area contributed by atoms with Crippen molar-refractivity contribution in [3.63, 3.8) is 0 Å².